The van der Waals surface area contributed by atoms with Crippen LogP contribution in [-0.4, -0.2) is 43.1 Å². The lowest BCUT2D eigenvalue weighted by molar-refractivity contribution is -0.153. The molecule has 4 atom stereocenters. The fourth-order valence-electron chi connectivity index (χ4n) is 4.20. The van der Waals surface area contributed by atoms with Gasteiger partial charge in [0.2, 0.25) is 0 Å². The van der Waals surface area contributed by atoms with E-state index in [0.717, 1.165) is 19.3 Å². The highest BCUT2D eigenvalue weighted by Gasteiger charge is 2.36. The van der Waals surface area contributed by atoms with Gasteiger partial charge in [0, 0.05) is 12.8 Å². The van der Waals surface area contributed by atoms with Gasteiger partial charge in [0.1, 0.15) is 5.54 Å². The molecule has 0 fully saturated rings. The largest absolute Gasteiger partial charge is 0.468 e. The van der Waals surface area contributed by atoms with Crippen LogP contribution >= 0.6 is 0 Å². The van der Waals surface area contributed by atoms with Gasteiger partial charge >= 0.3 is 23.9 Å². The minimum Gasteiger partial charge on any atom is -0.468 e. The van der Waals surface area contributed by atoms with Crippen molar-refractivity contribution in [3.05, 3.63) is 23.8 Å². The van der Waals surface area contributed by atoms with E-state index in [4.69, 9.17) is 24.7 Å². The molecule has 1 aromatic rings. The molecule has 0 saturated heterocycles. The minimum absolute atomic E-state index is 0.0112. The first-order valence-electron chi connectivity index (χ1n) is 14.0. The lowest BCUT2D eigenvalue weighted by Gasteiger charge is -2.27. The molecule has 0 saturated carbocycles. The number of methoxy groups -OCH3 is 1. The van der Waals surface area contributed by atoms with Crippen molar-refractivity contribution in [1.29, 1.82) is 0 Å². The van der Waals surface area contributed by atoms with Crippen molar-refractivity contribution in [1.82, 2.24) is 0 Å². The molecule has 0 radical (unpaired) electrons. The average Bonchev–Trinajstić information content (AvgIpc) is 2.89. The zero-order valence-corrected chi connectivity index (χ0v) is 24.7. The number of esters is 4. The van der Waals surface area contributed by atoms with Crippen molar-refractivity contribution in [3.8, 4) is 11.5 Å². The van der Waals surface area contributed by atoms with E-state index in [1.54, 1.807) is 32.9 Å². The van der Waals surface area contributed by atoms with Crippen LogP contribution in [0.1, 0.15) is 92.1 Å². The molecule has 0 spiro atoms. The van der Waals surface area contributed by atoms with Crippen LogP contribution in [0.15, 0.2) is 18.2 Å². The summed E-state index contributed by atoms with van der Waals surface area (Å²) in [5.74, 6) is -2.62. The third-order valence-electron chi connectivity index (χ3n) is 6.71. The molecule has 0 aliphatic heterocycles. The van der Waals surface area contributed by atoms with E-state index < -0.39 is 23.4 Å². The fraction of sp³-hybridized carbons (Fsp3) is 0.667. The van der Waals surface area contributed by atoms with Crippen LogP contribution in [-0.2, 0) is 35.1 Å². The van der Waals surface area contributed by atoms with Crippen LogP contribution in [0.3, 0.4) is 0 Å². The Bertz CT molecular complexity index is 962. The van der Waals surface area contributed by atoms with Crippen molar-refractivity contribution < 1.29 is 38.1 Å². The lowest BCUT2D eigenvalue weighted by Crippen LogP contribution is -2.51. The Kier molecular flexibility index (Phi) is 14.8. The molecule has 1 rings (SSSR count). The molecular formula is C30H47NO8. The second-order valence-corrected chi connectivity index (χ2v) is 10.4. The second-order valence-electron chi connectivity index (χ2n) is 10.4. The SMILES string of the molecule is CCCC(C)C(=O)Oc1ccc(CC(N)(CCOC(=O)[C@@H](C)CCC)C(=O)OC)cc1OC(=O)C(C)CCC. The number of hydrogen-bond acceptors (Lipinski definition) is 9. The van der Waals surface area contributed by atoms with E-state index in [9.17, 15) is 19.2 Å². The van der Waals surface area contributed by atoms with Crippen molar-refractivity contribution in [2.45, 2.75) is 98.4 Å². The number of hydrogen-bond donors (Lipinski definition) is 1. The predicted molar refractivity (Wildman–Crippen MR) is 148 cm³/mol. The summed E-state index contributed by atoms with van der Waals surface area (Å²) in [7, 11) is 1.24. The summed E-state index contributed by atoms with van der Waals surface area (Å²) in [6.07, 6.45) is 4.53. The molecule has 0 heterocycles. The predicted octanol–water partition coefficient (Wildman–Crippen LogP) is 5.15. The molecule has 0 amide bonds. The van der Waals surface area contributed by atoms with Crippen molar-refractivity contribution in [3.63, 3.8) is 0 Å². The number of nitrogens with two attached hydrogens (primary N) is 1. The molecule has 0 bridgehead atoms. The van der Waals surface area contributed by atoms with Crippen molar-refractivity contribution >= 4 is 23.9 Å². The monoisotopic (exact) mass is 549 g/mol. The first kappa shape index (κ1) is 34.1. The Labute approximate surface area is 233 Å². The highest BCUT2D eigenvalue weighted by atomic mass is 16.6. The molecule has 3 unspecified atom stereocenters. The van der Waals surface area contributed by atoms with Crippen LogP contribution in [0, 0.1) is 17.8 Å². The van der Waals surface area contributed by atoms with Gasteiger partial charge in [-0.15, -0.1) is 0 Å². The maximum absolute atomic E-state index is 12.7. The standard InChI is InChI=1S/C30H47NO8/c1-8-11-20(4)26(32)37-17-16-30(31,29(35)36-7)19-23-14-15-24(38-27(33)21(5)12-9-2)25(18-23)39-28(34)22(6)13-10-3/h14-15,18,20-22H,8-13,16-17,19,31H2,1-7H3/t20-,21?,22?,30?/m0/s1. The van der Waals surface area contributed by atoms with Gasteiger partial charge in [0.05, 0.1) is 31.5 Å². The van der Waals surface area contributed by atoms with Gasteiger partial charge in [-0.25, -0.2) is 0 Å². The molecular weight excluding hydrogens is 502 g/mol. The van der Waals surface area contributed by atoms with Gasteiger partial charge in [-0.05, 0) is 37.0 Å². The molecule has 2 N–H and O–H groups in total. The molecule has 0 aliphatic carbocycles. The molecule has 9 nitrogen and oxygen atoms in total. The smallest absolute Gasteiger partial charge is 0.326 e. The summed E-state index contributed by atoms with van der Waals surface area (Å²) in [5.41, 5.74) is 5.53. The second kappa shape index (κ2) is 16.9. The number of rotatable bonds is 17. The average molecular weight is 550 g/mol. The Hall–Kier alpha value is -2.94. The van der Waals surface area contributed by atoms with Gasteiger partial charge in [-0.1, -0.05) is 66.9 Å². The zero-order chi connectivity index (χ0) is 29.6. The highest BCUT2D eigenvalue weighted by molar-refractivity contribution is 5.81. The molecule has 1 aromatic carbocycles. The van der Waals surface area contributed by atoms with Crippen LogP contribution in [0.2, 0.25) is 0 Å². The molecule has 220 valence electrons. The van der Waals surface area contributed by atoms with E-state index in [1.807, 2.05) is 20.8 Å². The Morgan fingerprint density at radius 1 is 0.795 bits per heavy atom. The van der Waals surface area contributed by atoms with E-state index in [1.165, 1.54) is 13.2 Å². The van der Waals surface area contributed by atoms with Crippen LogP contribution < -0.4 is 15.2 Å². The number of carbonyl (C=O) groups is 4. The molecule has 39 heavy (non-hydrogen) atoms. The number of ether oxygens (including phenoxy) is 4. The third-order valence-corrected chi connectivity index (χ3v) is 6.71. The van der Waals surface area contributed by atoms with Gasteiger partial charge in [0.15, 0.2) is 11.5 Å². The lowest BCUT2D eigenvalue weighted by atomic mass is 9.88. The Morgan fingerprint density at radius 3 is 1.77 bits per heavy atom. The van der Waals surface area contributed by atoms with Gasteiger partial charge in [-0.2, -0.15) is 0 Å². The summed E-state index contributed by atoms with van der Waals surface area (Å²) in [6, 6.07) is 4.73. The first-order chi connectivity index (χ1) is 18.4. The van der Waals surface area contributed by atoms with Crippen LogP contribution in [0.4, 0.5) is 0 Å². The van der Waals surface area contributed by atoms with Crippen LogP contribution in [0.5, 0.6) is 11.5 Å². The summed E-state index contributed by atoms with van der Waals surface area (Å²) in [6.45, 7) is 11.2. The molecule has 9 heteroatoms. The normalized spacial score (nSPS) is 14.9. The summed E-state index contributed by atoms with van der Waals surface area (Å²) in [4.78, 5) is 50.2. The van der Waals surface area contributed by atoms with Gasteiger partial charge in [0.25, 0.3) is 0 Å². The quantitative estimate of drug-likeness (QED) is 0.207. The number of carbonyl (C=O) groups excluding carboxylic acids is 4. The Balaban J connectivity index is 3.22. The van der Waals surface area contributed by atoms with Gasteiger partial charge < -0.3 is 24.7 Å². The van der Waals surface area contributed by atoms with Crippen LogP contribution in [0.25, 0.3) is 0 Å². The van der Waals surface area contributed by atoms with Crippen molar-refractivity contribution in [2.75, 3.05) is 13.7 Å². The summed E-state index contributed by atoms with van der Waals surface area (Å²) in [5, 5.41) is 0. The van der Waals surface area contributed by atoms with E-state index >= 15 is 0 Å². The van der Waals surface area contributed by atoms with Crippen molar-refractivity contribution in [2.24, 2.45) is 23.5 Å². The molecule has 0 aromatic heterocycles. The summed E-state index contributed by atoms with van der Waals surface area (Å²) >= 11 is 0. The molecule has 0 aliphatic rings. The van der Waals surface area contributed by atoms with Gasteiger partial charge in [-0.3, -0.25) is 19.2 Å². The topological polar surface area (TPSA) is 131 Å². The minimum atomic E-state index is -1.51. The maximum Gasteiger partial charge on any atom is 0.326 e. The van der Waals surface area contributed by atoms with E-state index in [2.05, 4.69) is 0 Å². The number of benzene rings is 1. The fourth-order valence-corrected chi connectivity index (χ4v) is 4.20. The first-order valence-corrected chi connectivity index (χ1v) is 14.0. The third kappa shape index (κ3) is 11.0. The zero-order valence-electron chi connectivity index (χ0n) is 24.7. The van der Waals surface area contributed by atoms with E-state index in [-0.39, 0.29) is 54.7 Å². The highest BCUT2D eigenvalue weighted by Crippen LogP contribution is 2.32. The van der Waals surface area contributed by atoms with E-state index in [0.29, 0.717) is 24.8 Å². The Morgan fingerprint density at radius 2 is 1.28 bits per heavy atom. The summed E-state index contributed by atoms with van der Waals surface area (Å²) < 4.78 is 21.6. The maximum atomic E-state index is 12.7.